The third-order valence-electron chi connectivity index (χ3n) is 1.86. The molecule has 0 aromatic carbocycles. The second kappa shape index (κ2) is 5.90. The lowest BCUT2D eigenvalue weighted by molar-refractivity contribution is 0.797. The van der Waals surface area contributed by atoms with Gasteiger partial charge in [-0.15, -0.1) is 5.10 Å². The summed E-state index contributed by atoms with van der Waals surface area (Å²) in [7, 11) is 0. The number of rotatable bonds is 2. The maximum absolute atomic E-state index is 4.26. The Morgan fingerprint density at radius 1 is 1.27 bits per heavy atom. The Kier molecular flexibility index (Phi) is 4.47. The largest absolute Gasteiger partial charge is 0.259 e. The van der Waals surface area contributed by atoms with Crippen molar-refractivity contribution in [3.05, 3.63) is 36.4 Å². The monoisotopic (exact) mass is 204 g/mol. The minimum atomic E-state index is 0.940. The molecule has 0 spiro atoms. The maximum Gasteiger partial charge on any atom is 0.0846 e. The first-order valence-corrected chi connectivity index (χ1v) is 5.22. The molecule has 0 unspecified atom stereocenters. The lowest BCUT2D eigenvalue weighted by Crippen LogP contribution is -1.96. The predicted molar refractivity (Wildman–Crippen MR) is 59.9 cm³/mol. The van der Waals surface area contributed by atoms with Crippen molar-refractivity contribution in [1.29, 1.82) is 0 Å². The van der Waals surface area contributed by atoms with E-state index >= 15 is 0 Å². The van der Waals surface area contributed by atoms with Crippen molar-refractivity contribution in [2.45, 2.75) is 27.2 Å². The van der Waals surface area contributed by atoms with Gasteiger partial charge in [-0.25, -0.2) is 4.68 Å². The fourth-order valence-electron chi connectivity index (χ4n) is 1.11. The van der Waals surface area contributed by atoms with Crippen molar-refractivity contribution < 1.29 is 0 Å². The molecule has 4 heteroatoms. The molecule has 0 atom stereocenters. The van der Waals surface area contributed by atoms with Crippen LogP contribution in [0.5, 0.6) is 0 Å². The van der Waals surface area contributed by atoms with Crippen LogP contribution in [0.4, 0.5) is 0 Å². The summed E-state index contributed by atoms with van der Waals surface area (Å²) in [6, 6.07) is 3.98. The molecule has 2 heterocycles. The van der Waals surface area contributed by atoms with Gasteiger partial charge in [0.1, 0.15) is 0 Å². The van der Waals surface area contributed by atoms with E-state index in [9.17, 15) is 0 Å². The topological polar surface area (TPSA) is 43.6 Å². The number of hydrogen-bond donors (Lipinski definition) is 0. The summed E-state index contributed by atoms with van der Waals surface area (Å²) in [5, 5.41) is 7.59. The van der Waals surface area contributed by atoms with Crippen molar-refractivity contribution in [1.82, 2.24) is 20.0 Å². The first-order valence-electron chi connectivity index (χ1n) is 5.22. The zero-order chi connectivity index (χ0) is 11.1. The van der Waals surface area contributed by atoms with E-state index < -0.39 is 0 Å². The molecule has 4 nitrogen and oxygen atoms in total. The molecule has 0 aliphatic rings. The molecular weight excluding hydrogens is 188 g/mol. The van der Waals surface area contributed by atoms with Crippen LogP contribution in [0.2, 0.25) is 0 Å². The molecule has 80 valence electrons. The molecular formula is C11H16N4. The first kappa shape index (κ1) is 11.4. The highest BCUT2D eigenvalue weighted by atomic mass is 15.4. The summed E-state index contributed by atoms with van der Waals surface area (Å²) < 4.78 is 1.69. The van der Waals surface area contributed by atoms with Crippen LogP contribution in [0, 0.1) is 0 Å². The Bertz CT molecular complexity index is 364. The SMILES string of the molecule is CC.CCc1ccc(-n2ccnn2)cn1. The van der Waals surface area contributed by atoms with Gasteiger partial charge in [-0.2, -0.15) is 0 Å². The van der Waals surface area contributed by atoms with Crippen LogP contribution < -0.4 is 0 Å². The molecule has 2 aromatic heterocycles. The van der Waals surface area contributed by atoms with E-state index in [1.54, 1.807) is 23.3 Å². The van der Waals surface area contributed by atoms with Gasteiger partial charge in [0.15, 0.2) is 0 Å². The van der Waals surface area contributed by atoms with Gasteiger partial charge in [0, 0.05) is 5.69 Å². The first-order chi connectivity index (χ1) is 7.40. The minimum absolute atomic E-state index is 0.940. The highest BCUT2D eigenvalue weighted by Crippen LogP contribution is 2.04. The third kappa shape index (κ3) is 2.87. The van der Waals surface area contributed by atoms with Crippen LogP contribution in [0.3, 0.4) is 0 Å². The van der Waals surface area contributed by atoms with Crippen LogP contribution in [0.1, 0.15) is 26.5 Å². The normalized spacial score (nSPS) is 9.27. The molecule has 2 rings (SSSR count). The Morgan fingerprint density at radius 2 is 2.07 bits per heavy atom. The van der Waals surface area contributed by atoms with Crippen LogP contribution in [0.25, 0.3) is 5.69 Å². The molecule has 0 fully saturated rings. The molecule has 0 N–H and O–H groups in total. The zero-order valence-electron chi connectivity index (χ0n) is 9.38. The molecule has 2 aromatic rings. The van der Waals surface area contributed by atoms with Crippen LogP contribution >= 0.6 is 0 Å². The molecule has 0 aliphatic heterocycles. The Balaban J connectivity index is 0.000000531. The van der Waals surface area contributed by atoms with E-state index in [1.165, 1.54) is 0 Å². The number of aryl methyl sites for hydroxylation is 1. The smallest absolute Gasteiger partial charge is 0.0846 e. The van der Waals surface area contributed by atoms with E-state index in [0.717, 1.165) is 17.8 Å². The van der Waals surface area contributed by atoms with E-state index in [4.69, 9.17) is 0 Å². The summed E-state index contributed by atoms with van der Waals surface area (Å²) in [6.45, 7) is 6.08. The van der Waals surface area contributed by atoms with Crippen molar-refractivity contribution in [2.75, 3.05) is 0 Å². The average Bonchev–Trinajstić information content (AvgIpc) is 2.85. The van der Waals surface area contributed by atoms with Gasteiger partial charge in [0.2, 0.25) is 0 Å². The van der Waals surface area contributed by atoms with Crippen molar-refractivity contribution in [3.8, 4) is 5.69 Å². The fraction of sp³-hybridized carbons (Fsp3) is 0.364. The van der Waals surface area contributed by atoms with Gasteiger partial charge in [0.25, 0.3) is 0 Å². The van der Waals surface area contributed by atoms with E-state index in [-0.39, 0.29) is 0 Å². The lowest BCUT2D eigenvalue weighted by atomic mass is 10.3. The summed E-state index contributed by atoms with van der Waals surface area (Å²) in [5.41, 5.74) is 2.03. The zero-order valence-corrected chi connectivity index (χ0v) is 9.38. The molecule has 15 heavy (non-hydrogen) atoms. The summed E-state index contributed by atoms with van der Waals surface area (Å²) in [4.78, 5) is 4.26. The van der Waals surface area contributed by atoms with Gasteiger partial charge >= 0.3 is 0 Å². The predicted octanol–water partition coefficient (Wildman–Crippen LogP) is 2.25. The fourth-order valence-corrected chi connectivity index (χ4v) is 1.11. The third-order valence-corrected chi connectivity index (χ3v) is 1.86. The lowest BCUT2D eigenvalue weighted by Gasteiger charge is -1.99. The summed E-state index contributed by atoms with van der Waals surface area (Å²) >= 11 is 0. The highest BCUT2D eigenvalue weighted by Gasteiger charge is 1.96. The molecule has 0 amide bonds. The number of pyridine rings is 1. The van der Waals surface area contributed by atoms with Crippen molar-refractivity contribution in [2.24, 2.45) is 0 Å². The van der Waals surface area contributed by atoms with E-state index in [1.807, 2.05) is 26.0 Å². The molecule has 0 saturated heterocycles. The second-order valence-electron chi connectivity index (χ2n) is 2.71. The molecule has 0 bridgehead atoms. The number of hydrogen-bond acceptors (Lipinski definition) is 3. The highest BCUT2D eigenvalue weighted by molar-refractivity contribution is 5.27. The standard InChI is InChI=1S/C9H10N4.C2H6/c1-2-8-3-4-9(7-10-8)13-6-5-11-12-13;1-2/h3-7H,2H2,1H3;1-2H3. The second-order valence-corrected chi connectivity index (χ2v) is 2.71. The van der Waals surface area contributed by atoms with Gasteiger partial charge in [-0.05, 0) is 18.6 Å². The van der Waals surface area contributed by atoms with Crippen LogP contribution in [-0.4, -0.2) is 20.0 Å². The number of nitrogens with zero attached hydrogens (tertiary/aromatic N) is 4. The number of aromatic nitrogens is 4. The Hall–Kier alpha value is -1.71. The maximum atomic E-state index is 4.26. The summed E-state index contributed by atoms with van der Waals surface area (Å²) in [6.07, 6.45) is 6.20. The summed E-state index contributed by atoms with van der Waals surface area (Å²) in [5.74, 6) is 0. The van der Waals surface area contributed by atoms with Gasteiger partial charge < -0.3 is 0 Å². The van der Waals surface area contributed by atoms with E-state index in [0.29, 0.717) is 0 Å². The van der Waals surface area contributed by atoms with E-state index in [2.05, 4.69) is 22.2 Å². The minimum Gasteiger partial charge on any atom is -0.259 e. The van der Waals surface area contributed by atoms with Crippen LogP contribution in [0.15, 0.2) is 30.7 Å². The molecule has 0 aliphatic carbocycles. The van der Waals surface area contributed by atoms with Crippen LogP contribution in [-0.2, 0) is 6.42 Å². The molecule has 0 saturated carbocycles. The van der Waals surface area contributed by atoms with Crippen molar-refractivity contribution >= 4 is 0 Å². The Labute approximate surface area is 90.0 Å². The quantitative estimate of drug-likeness (QED) is 0.753. The molecule has 0 radical (unpaired) electrons. The van der Waals surface area contributed by atoms with Crippen molar-refractivity contribution in [3.63, 3.8) is 0 Å². The van der Waals surface area contributed by atoms with Gasteiger partial charge in [-0.3, -0.25) is 4.98 Å². The average molecular weight is 204 g/mol. The van der Waals surface area contributed by atoms with Gasteiger partial charge in [0.05, 0.1) is 24.3 Å². The Morgan fingerprint density at radius 3 is 2.53 bits per heavy atom. The van der Waals surface area contributed by atoms with Gasteiger partial charge in [-0.1, -0.05) is 26.0 Å².